The van der Waals surface area contributed by atoms with Crippen LogP contribution in [0.4, 0.5) is 0 Å². The molecule has 0 bridgehead atoms. The Balaban J connectivity index is 1.76. The van der Waals surface area contributed by atoms with Crippen LogP contribution in [0.2, 0.25) is 0 Å². The SMILES string of the molecule is CN(C)C(=O)[C@@H]1CCC[C@]12CCN(C(=O)c1ccccc1)C2. The van der Waals surface area contributed by atoms with E-state index in [1.807, 2.05) is 49.3 Å². The normalized spacial score (nSPS) is 27.4. The van der Waals surface area contributed by atoms with Crippen molar-refractivity contribution in [1.29, 1.82) is 0 Å². The van der Waals surface area contributed by atoms with Crippen molar-refractivity contribution in [2.45, 2.75) is 25.7 Å². The quantitative estimate of drug-likeness (QED) is 0.841. The Morgan fingerprint density at radius 3 is 2.59 bits per heavy atom. The van der Waals surface area contributed by atoms with Crippen LogP contribution in [0.5, 0.6) is 0 Å². The van der Waals surface area contributed by atoms with E-state index in [0.717, 1.165) is 44.3 Å². The topological polar surface area (TPSA) is 40.6 Å². The standard InChI is InChI=1S/C18H24N2O2/c1-19(2)17(22)15-9-6-10-18(15)11-12-20(13-18)16(21)14-7-4-3-5-8-14/h3-5,7-8,15H,6,9-13H2,1-2H3/t15-,18+/m0/s1. The second-order valence-electron chi connectivity index (χ2n) is 6.88. The minimum Gasteiger partial charge on any atom is -0.349 e. The third-order valence-corrected chi connectivity index (χ3v) is 5.34. The van der Waals surface area contributed by atoms with Crippen molar-refractivity contribution in [3.05, 3.63) is 35.9 Å². The van der Waals surface area contributed by atoms with E-state index in [0.29, 0.717) is 0 Å². The zero-order chi connectivity index (χ0) is 15.7. The number of carbonyl (C=O) groups is 2. The Kier molecular flexibility index (Phi) is 3.94. The van der Waals surface area contributed by atoms with Gasteiger partial charge < -0.3 is 9.80 Å². The van der Waals surface area contributed by atoms with Gasteiger partial charge >= 0.3 is 0 Å². The summed E-state index contributed by atoms with van der Waals surface area (Å²) < 4.78 is 0. The fourth-order valence-corrected chi connectivity index (χ4v) is 4.16. The zero-order valence-electron chi connectivity index (χ0n) is 13.4. The zero-order valence-corrected chi connectivity index (χ0v) is 13.4. The lowest BCUT2D eigenvalue weighted by Gasteiger charge is -2.32. The minimum absolute atomic E-state index is 0.00575. The lowest BCUT2D eigenvalue weighted by molar-refractivity contribution is -0.136. The monoisotopic (exact) mass is 300 g/mol. The molecule has 2 fully saturated rings. The van der Waals surface area contributed by atoms with Crippen LogP contribution in [-0.2, 0) is 4.79 Å². The van der Waals surface area contributed by atoms with Gasteiger partial charge in [-0.05, 0) is 31.4 Å². The van der Waals surface area contributed by atoms with E-state index in [1.165, 1.54) is 0 Å². The highest BCUT2D eigenvalue weighted by molar-refractivity contribution is 5.94. The smallest absolute Gasteiger partial charge is 0.253 e. The molecule has 0 unspecified atom stereocenters. The predicted octanol–water partition coefficient (Wildman–Crippen LogP) is 2.41. The molecular weight excluding hydrogens is 276 g/mol. The van der Waals surface area contributed by atoms with E-state index in [4.69, 9.17) is 0 Å². The highest BCUT2D eigenvalue weighted by Gasteiger charge is 2.51. The summed E-state index contributed by atoms with van der Waals surface area (Å²) in [7, 11) is 3.66. The third-order valence-electron chi connectivity index (χ3n) is 5.34. The van der Waals surface area contributed by atoms with E-state index in [2.05, 4.69) is 0 Å². The maximum absolute atomic E-state index is 12.6. The Hall–Kier alpha value is -1.84. The van der Waals surface area contributed by atoms with Gasteiger partial charge in [-0.15, -0.1) is 0 Å². The summed E-state index contributed by atoms with van der Waals surface area (Å²) in [6, 6.07) is 9.44. The fourth-order valence-electron chi connectivity index (χ4n) is 4.16. The molecule has 1 aliphatic carbocycles. The lowest BCUT2D eigenvalue weighted by Crippen LogP contribution is -2.41. The molecule has 22 heavy (non-hydrogen) atoms. The predicted molar refractivity (Wildman–Crippen MR) is 85.4 cm³/mol. The Labute approximate surface area is 132 Å². The number of amides is 2. The summed E-state index contributed by atoms with van der Waals surface area (Å²) in [5, 5.41) is 0. The Morgan fingerprint density at radius 2 is 1.91 bits per heavy atom. The minimum atomic E-state index is 0.00575. The van der Waals surface area contributed by atoms with Gasteiger partial charge in [0, 0.05) is 44.1 Å². The maximum Gasteiger partial charge on any atom is 0.253 e. The van der Waals surface area contributed by atoms with Gasteiger partial charge in [0.1, 0.15) is 0 Å². The van der Waals surface area contributed by atoms with Gasteiger partial charge in [-0.1, -0.05) is 24.6 Å². The first-order valence-electron chi connectivity index (χ1n) is 8.09. The van der Waals surface area contributed by atoms with Crippen molar-refractivity contribution in [3.8, 4) is 0 Å². The molecule has 118 valence electrons. The van der Waals surface area contributed by atoms with E-state index >= 15 is 0 Å². The Bertz CT molecular complexity index is 570. The number of likely N-dealkylation sites (tertiary alicyclic amines) is 1. The Morgan fingerprint density at radius 1 is 1.18 bits per heavy atom. The molecule has 2 aliphatic rings. The van der Waals surface area contributed by atoms with Crippen LogP contribution in [0.15, 0.2) is 30.3 Å². The largest absolute Gasteiger partial charge is 0.349 e. The summed E-state index contributed by atoms with van der Waals surface area (Å²) in [4.78, 5) is 28.8. The van der Waals surface area contributed by atoms with E-state index in [9.17, 15) is 9.59 Å². The number of rotatable bonds is 2. The molecule has 1 aromatic rings. The van der Waals surface area contributed by atoms with Crippen molar-refractivity contribution >= 4 is 11.8 Å². The average Bonchev–Trinajstić information content (AvgIpc) is 3.14. The molecule has 1 aromatic carbocycles. The van der Waals surface area contributed by atoms with Gasteiger partial charge in [0.05, 0.1) is 0 Å². The number of hydrogen-bond acceptors (Lipinski definition) is 2. The van der Waals surface area contributed by atoms with Crippen LogP contribution >= 0.6 is 0 Å². The van der Waals surface area contributed by atoms with Crippen molar-refractivity contribution in [1.82, 2.24) is 9.80 Å². The number of benzene rings is 1. The molecule has 1 aliphatic heterocycles. The van der Waals surface area contributed by atoms with Gasteiger partial charge in [0.2, 0.25) is 5.91 Å². The molecular formula is C18H24N2O2. The maximum atomic E-state index is 12.6. The first-order chi connectivity index (χ1) is 10.5. The summed E-state index contributed by atoms with van der Waals surface area (Å²) >= 11 is 0. The molecule has 2 amide bonds. The molecule has 0 aromatic heterocycles. The molecule has 2 atom stereocenters. The van der Waals surface area contributed by atoms with Gasteiger partial charge in [0.25, 0.3) is 5.91 Å². The number of nitrogens with zero attached hydrogens (tertiary/aromatic N) is 2. The lowest BCUT2D eigenvalue weighted by atomic mass is 9.76. The summed E-state index contributed by atoms with van der Waals surface area (Å²) in [6.07, 6.45) is 4.08. The molecule has 0 N–H and O–H groups in total. The molecule has 4 heteroatoms. The van der Waals surface area contributed by atoms with Crippen molar-refractivity contribution in [2.24, 2.45) is 11.3 Å². The van der Waals surface area contributed by atoms with Crippen LogP contribution in [0, 0.1) is 11.3 Å². The molecule has 1 heterocycles. The molecule has 1 spiro atoms. The van der Waals surface area contributed by atoms with Gasteiger partial charge in [-0.25, -0.2) is 0 Å². The number of hydrogen-bond donors (Lipinski definition) is 0. The fraction of sp³-hybridized carbons (Fsp3) is 0.556. The average molecular weight is 300 g/mol. The van der Waals surface area contributed by atoms with E-state index < -0.39 is 0 Å². The molecule has 3 rings (SSSR count). The van der Waals surface area contributed by atoms with E-state index in [-0.39, 0.29) is 23.1 Å². The van der Waals surface area contributed by atoms with E-state index in [1.54, 1.807) is 4.90 Å². The van der Waals surface area contributed by atoms with Gasteiger partial charge in [-0.2, -0.15) is 0 Å². The molecule has 4 nitrogen and oxygen atoms in total. The molecule has 1 saturated heterocycles. The van der Waals surface area contributed by atoms with Crippen molar-refractivity contribution in [3.63, 3.8) is 0 Å². The highest BCUT2D eigenvalue weighted by atomic mass is 16.2. The second-order valence-corrected chi connectivity index (χ2v) is 6.88. The van der Waals surface area contributed by atoms with Crippen LogP contribution in [0.25, 0.3) is 0 Å². The molecule has 1 saturated carbocycles. The van der Waals surface area contributed by atoms with Crippen molar-refractivity contribution in [2.75, 3.05) is 27.2 Å². The number of carbonyl (C=O) groups excluding carboxylic acids is 2. The first-order valence-corrected chi connectivity index (χ1v) is 8.09. The van der Waals surface area contributed by atoms with Crippen LogP contribution in [0.3, 0.4) is 0 Å². The van der Waals surface area contributed by atoms with Crippen molar-refractivity contribution < 1.29 is 9.59 Å². The van der Waals surface area contributed by atoms with Crippen LogP contribution < -0.4 is 0 Å². The second kappa shape index (κ2) is 5.75. The van der Waals surface area contributed by atoms with Crippen LogP contribution in [-0.4, -0.2) is 48.8 Å². The van der Waals surface area contributed by atoms with Crippen LogP contribution in [0.1, 0.15) is 36.0 Å². The third kappa shape index (κ3) is 2.51. The van der Waals surface area contributed by atoms with Gasteiger partial charge in [0.15, 0.2) is 0 Å². The highest BCUT2D eigenvalue weighted by Crippen LogP contribution is 2.50. The molecule has 0 radical (unpaired) electrons. The summed E-state index contributed by atoms with van der Waals surface area (Å²) in [6.45, 7) is 1.50. The van der Waals surface area contributed by atoms with Gasteiger partial charge in [-0.3, -0.25) is 9.59 Å². The first kappa shape index (κ1) is 15.1. The summed E-state index contributed by atoms with van der Waals surface area (Å²) in [5.74, 6) is 0.406. The summed E-state index contributed by atoms with van der Waals surface area (Å²) in [5.41, 5.74) is 0.749.